The molecule has 0 radical (unpaired) electrons. The van der Waals surface area contributed by atoms with Crippen LogP contribution in [0.2, 0.25) is 0 Å². The van der Waals surface area contributed by atoms with Gasteiger partial charge in [-0.05, 0) is 12.8 Å². The average molecular weight is 318 g/mol. The smallest absolute Gasteiger partial charge is 0.419 e. The van der Waals surface area contributed by atoms with Gasteiger partial charge in [0.15, 0.2) is 0 Å². The average Bonchev–Trinajstić information content (AvgIpc) is 2.49. The molecule has 3 nitrogen and oxygen atoms in total. The van der Waals surface area contributed by atoms with Crippen molar-refractivity contribution in [1.82, 2.24) is 4.31 Å². The van der Waals surface area contributed by atoms with Crippen LogP contribution in [-0.4, -0.2) is 23.6 Å². The minimum Gasteiger partial charge on any atom is -0.449 e. The van der Waals surface area contributed by atoms with Gasteiger partial charge >= 0.3 is 6.09 Å². The van der Waals surface area contributed by atoms with Crippen molar-refractivity contribution in [3.05, 3.63) is 0 Å². The third kappa shape index (κ3) is 14.3. The lowest BCUT2D eigenvalue weighted by molar-refractivity contribution is 0.126. The molecule has 0 aliphatic carbocycles. The molecule has 126 valence electrons. The molecule has 0 unspecified atom stereocenters. The third-order valence-electron chi connectivity index (χ3n) is 3.66. The van der Waals surface area contributed by atoms with Crippen molar-refractivity contribution < 1.29 is 9.53 Å². The summed E-state index contributed by atoms with van der Waals surface area (Å²) < 4.78 is 6.63. The molecule has 0 N–H and O–H groups in total. The molecule has 0 rings (SSSR count). The minimum atomic E-state index is -0.291. The van der Waals surface area contributed by atoms with E-state index in [1.807, 2.05) is 0 Å². The molecule has 0 aromatic rings. The van der Waals surface area contributed by atoms with Crippen LogP contribution in [0.25, 0.3) is 0 Å². The van der Waals surface area contributed by atoms with Crippen LogP contribution in [0.3, 0.4) is 0 Å². The molecular weight excluding hydrogens is 282 g/mol. The summed E-state index contributed by atoms with van der Waals surface area (Å²) >= 11 is 4.20. The lowest BCUT2D eigenvalue weighted by Gasteiger charge is -2.15. The molecule has 0 saturated carbocycles. The zero-order valence-corrected chi connectivity index (χ0v) is 15.0. The van der Waals surface area contributed by atoms with Crippen molar-refractivity contribution in [1.29, 1.82) is 0 Å². The van der Waals surface area contributed by atoms with E-state index in [1.165, 1.54) is 62.1 Å². The van der Waals surface area contributed by atoms with Gasteiger partial charge in [0.1, 0.15) is 0 Å². The fraction of sp³-hybridized carbons (Fsp3) is 0.941. The maximum absolute atomic E-state index is 11.7. The van der Waals surface area contributed by atoms with Crippen LogP contribution in [0.5, 0.6) is 0 Å². The lowest BCUT2D eigenvalue weighted by atomic mass is 10.1. The van der Waals surface area contributed by atoms with Gasteiger partial charge in [0.2, 0.25) is 0 Å². The van der Waals surface area contributed by atoms with Gasteiger partial charge in [-0.1, -0.05) is 90.9 Å². The number of thiol groups is 1. The van der Waals surface area contributed by atoms with Crippen molar-refractivity contribution in [3.63, 3.8) is 0 Å². The minimum absolute atomic E-state index is 0.291. The van der Waals surface area contributed by atoms with Crippen LogP contribution in [0.4, 0.5) is 4.79 Å². The Morgan fingerprint density at radius 3 is 1.86 bits per heavy atom. The highest BCUT2D eigenvalue weighted by Crippen LogP contribution is 2.09. The molecule has 0 atom stereocenters. The Kier molecular flexibility index (Phi) is 15.7. The predicted octanol–water partition coefficient (Wildman–Crippen LogP) is 5.99. The highest BCUT2D eigenvalue weighted by Gasteiger charge is 2.09. The van der Waals surface area contributed by atoms with Crippen LogP contribution >= 0.6 is 12.8 Å². The summed E-state index contributed by atoms with van der Waals surface area (Å²) in [6, 6.07) is 0. The van der Waals surface area contributed by atoms with Crippen LogP contribution < -0.4 is 0 Å². The molecule has 0 fully saturated rings. The van der Waals surface area contributed by atoms with E-state index in [-0.39, 0.29) is 6.09 Å². The molecule has 0 heterocycles. The van der Waals surface area contributed by atoms with E-state index in [0.717, 1.165) is 19.3 Å². The summed E-state index contributed by atoms with van der Waals surface area (Å²) in [6.07, 6.45) is 14.2. The molecule has 0 bridgehead atoms. The van der Waals surface area contributed by atoms with Gasteiger partial charge in [0.05, 0.1) is 6.61 Å². The number of amides is 1. The molecule has 4 heteroatoms. The zero-order chi connectivity index (χ0) is 15.8. The number of hydrogen-bond acceptors (Lipinski definition) is 3. The summed E-state index contributed by atoms with van der Waals surface area (Å²) in [6.45, 7) is 5.64. The molecule has 0 spiro atoms. The Labute approximate surface area is 137 Å². The number of ether oxygens (including phenoxy) is 1. The summed E-state index contributed by atoms with van der Waals surface area (Å²) in [5.74, 6) is 0. The fourth-order valence-corrected chi connectivity index (χ4v) is 2.45. The Morgan fingerprint density at radius 1 is 0.810 bits per heavy atom. The molecule has 0 aliphatic rings. The zero-order valence-electron chi connectivity index (χ0n) is 14.1. The van der Waals surface area contributed by atoms with E-state index in [2.05, 4.69) is 26.7 Å². The summed E-state index contributed by atoms with van der Waals surface area (Å²) in [5.41, 5.74) is 0. The molecule has 0 aromatic carbocycles. The molecule has 21 heavy (non-hydrogen) atoms. The van der Waals surface area contributed by atoms with Crippen molar-refractivity contribution in [2.75, 3.05) is 13.2 Å². The van der Waals surface area contributed by atoms with E-state index < -0.39 is 0 Å². The van der Waals surface area contributed by atoms with E-state index in [0.29, 0.717) is 13.2 Å². The molecule has 1 amide bonds. The first-order chi connectivity index (χ1) is 10.2. The highest BCUT2D eigenvalue weighted by atomic mass is 32.1. The van der Waals surface area contributed by atoms with E-state index in [1.54, 1.807) is 0 Å². The number of nitrogens with zero attached hydrogens (tertiary/aromatic N) is 1. The number of carbonyl (C=O) groups is 1. The second-order valence-corrected chi connectivity index (χ2v) is 6.26. The van der Waals surface area contributed by atoms with Crippen molar-refractivity contribution >= 4 is 18.9 Å². The molecule has 0 aromatic heterocycles. The topological polar surface area (TPSA) is 29.5 Å². The SMILES string of the molecule is CCCCCCCCOC(=O)N(S)CCCCCCCC. The third-order valence-corrected chi connectivity index (χ3v) is 4.02. The number of carbonyl (C=O) groups excluding carboxylic acids is 1. The van der Waals surface area contributed by atoms with Crippen LogP contribution in [0, 0.1) is 0 Å². The van der Waals surface area contributed by atoms with Gasteiger partial charge in [-0.15, -0.1) is 0 Å². The normalized spacial score (nSPS) is 10.6. The van der Waals surface area contributed by atoms with Gasteiger partial charge in [-0.25, -0.2) is 4.79 Å². The largest absolute Gasteiger partial charge is 0.449 e. The van der Waals surface area contributed by atoms with Gasteiger partial charge in [-0.2, -0.15) is 0 Å². The summed E-state index contributed by atoms with van der Waals surface area (Å²) in [7, 11) is 0. The van der Waals surface area contributed by atoms with Gasteiger partial charge in [0.25, 0.3) is 0 Å². The van der Waals surface area contributed by atoms with Crippen LogP contribution in [-0.2, 0) is 4.74 Å². The first-order valence-electron chi connectivity index (χ1n) is 8.85. The van der Waals surface area contributed by atoms with Gasteiger partial charge in [0, 0.05) is 6.54 Å². The Morgan fingerprint density at radius 2 is 1.29 bits per heavy atom. The predicted molar refractivity (Wildman–Crippen MR) is 93.8 cm³/mol. The maximum atomic E-state index is 11.7. The van der Waals surface area contributed by atoms with Gasteiger partial charge < -0.3 is 4.74 Å². The summed E-state index contributed by atoms with van der Waals surface area (Å²) in [5, 5.41) is 0. The van der Waals surface area contributed by atoms with Crippen molar-refractivity contribution in [2.24, 2.45) is 0 Å². The van der Waals surface area contributed by atoms with E-state index in [9.17, 15) is 4.79 Å². The second-order valence-electron chi connectivity index (χ2n) is 5.77. The number of rotatable bonds is 14. The first kappa shape index (κ1) is 20.6. The Hall–Kier alpha value is -0.380. The second kappa shape index (κ2) is 16.0. The maximum Gasteiger partial charge on any atom is 0.419 e. The van der Waals surface area contributed by atoms with E-state index >= 15 is 0 Å². The van der Waals surface area contributed by atoms with E-state index in [4.69, 9.17) is 4.74 Å². The lowest BCUT2D eigenvalue weighted by Crippen LogP contribution is -2.24. The Bertz CT molecular complexity index is 237. The summed E-state index contributed by atoms with van der Waals surface area (Å²) in [4.78, 5) is 11.7. The molecular formula is C17H35NO2S. The Balaban J connectivity index is 3.36. The van der Waals surface area contributed by atoms with Crippen LogP contribution in [0.15, 0.2) is 0 Å². The standard InChI is InChI=1S/C17H35NO2S/c1-3-5-7-9-11-13-15-18(21)17(19)20-16-14-12-10-8-6-4-2/h21H,3-16H2,1-2H3. The van der Waals surface area contributed by atoms with Crippen molar-refractivity contribution in [3.8, 4) is 0 Å². The molecule has 0 aliphatic heterocycles. The van der Waals surface area contributed by atoms with Crippen molar-refractivity contribution in [2.45, 2.75) is 90.9 Å². The first-order valence-corrected chi connectivity index (χ1v) is 9.25. The number of hydrogen-bond donors (Lipinski definition) is 1. The monoisotopic (exact) mass is 317 g/mol. The van der Waals surface area contributed by atoms with Gasteiger partial charge in [-0.3, -0.25) is 4.31 Å². The van der Waals surface area contributed by atoms with Crippen LogP contribution in [0.1, 0.15) is 90.9 Å². The quantitative estimate of drug-likeness (QED) is 0.315. The molecule has 0 saturated heterocycles. The number of unbranched alkanes of at least 4 members (excludes halogenated alkanes) is 10. The fourth-order valence-electron chi connectivity index (χ4n) is 2.25. The highest BCUT2D eigenvalue weighted by molar-refractivity contribution is 7.78.